The molecule has 2 heterocycles. The van der Waals surface area contributed by atoms with Crippen LogP contribution in [0, 0.1) is 5.92 Å². The summed E-state index contributed by atoms with van der Waals surface area (Å²) in [6.07, 6.45) is 0.0566. The third kappa shape index (κ3) is 3.15. The molecular formula is C14H22N2O4S. The van der Waals surface area contributed by atoms with Crippen LogP contribution in [-0.4, -0.2) is 69.9 Å². The summed E-state index contributed by atoms with van der Waals surface area (Å²) < 4.78 is 5.76. The largest absolute Gasteiger partial charge is 0.389 e. The lowest BCUT2D eigenvalue weighted by Crippen LogP contribution is -2.55. The van der Waals surface area contributed by atoms with Crippen LogP contribution in [0.5, 0.6) is 0 Å². The van der Waals surface area contributed by atoms with Gasteiger partial charge in [-0.1, -0.05) is 24.8 Å². The lowest BCUT2D eigenvalue weighted by atomic mass is 9.87. The van der Waals surface area contributed by atoms with Crippen molar-refractivity contribution in [1.29, 1.82) is 0 Å². The van der Waals surface area contributed by atoms with Crippen LogP contribution in [-0.2, 0) is 9.53 Å². The average Bonchev–Trinajstić information content (AvgIpc) is 2.90. The van der Waals surface area contributed by atoms with Crippen molar-refractivity contribution < 1.29 is 19.7 Å². The van der Waals surface area contributed by atoms with Gasteiger partial charge in [0, 0.05) is 13.6 Å². The normalized spacial score (nSPS) is 36.6. The Balaban J connectivity index is 2.18. The Kier molecular flexibility index (Phi) is 5.43. The molecule has 21 heavy (non-hydrogen) atoms. The van der Waals surface area contributed by atoms with E-state index in [4.69, 9.17) is 4.74 Å². The summed E-state index contributed by atoms with van der Waals surface area (Å²) in [6.45, 7) is 6.44. The number of hydrogen-bond acceptors (Lipinski definition) is 7. The maximum absolute atomic E-state index is 11.4. The number of rotatable bonds is 5. The summed E-state index contributed by atoms with van der Waals surface area (Å²) in [7, 11) is 1.94. The van der Waals surface area contributed by atoms with Gasteiger partial charge in [0.15, 0.2) is 5.17 Å². The van der Waals surface area contributed by atoms with Crippen LogP contribution >= 0.6 is 11.8 Å². The Morgan fingerprint density at radius 1 is 1.62 bits per heavy atom. The van der Waals surface area contributed by atoms with Crippen molar-refractivity contribution in [1.82, 2.24) is 4.90 Å². The van der Waals surface area contributed by atoms with Gasteiger partial charge < -0.3 is 24.6 Å². The number of aliphatic hydroxyl groups excluding tert-OH is 2. The van der Waals surface area contributed by atoms with Gasteiger partial charge in [-0.25, -0.2) is 0 Å². The molecule has 2 aliphatic rings. The summed E-state index contributed by atoms with van der Waals surface area (Å²) >= 11 is 1.43. The zero-order valence-electron chi connectivity index (χ0n) is 12.3. The average molecular weight is 314 g/mol. The van der Waals surface area contributed by atoms with E-state index in [1.54, 1.807) is 0 Å². The fourth-order valence-electron chi connectivity index (χ4n) is 2.62. The molecule has 6 unspecified atom stereocenters. The van der Waals surface area contributed by atoms with Gasteiger partial charge in [0.1, 0.15) is 30.0 Å². The van der Waals surface area contributed by atoms with E-state index in [-0.39, 0.29) is 5.44 Å². The minimum Gasteiger partial charge on any atom is -0.389 e. The summed E-state index contributed by atoms with van der Waals surface area (Å²) in [5, 5.41) is 20.9. The predicted molar refractivity (Wildman–Crippen MR) is 82.2 cm³/mol. The van der Waals surface area contributed by atoms with Crippen LogP contribution in [0.15, 0.2) is 17.6 Å². The minimum atomic E-state index is -1.09. The number of aldehydes is 1. The predicted octanol–water partition coefficient (Wildman–Crippen LogP) is 0.247. The van der Waals surface area contributed by atoms with Crippen molar-refractivity contribution >= 4 is 23.2 Å². The second-order valence-corrected chi connectivity index (χ2v) is 6.41. The van der Waals surface area contributed by atoms with E-state index in [2.05, 4.69) is 18.5 Å². The summed E-state index contributed by atoms with van der Waals surface area (Å²) in [5.74, 6) is -0.677. The molecule has 0 aromatic rings. The van der Waals surface area contributed by atoms with E-state index in [0.717, 1.165) is 18.1 Å². The topological polar surface area (TPSA) is 82.4 Å². The first-order valence-electron chi connectivity index (χ1n) is 7.08. The van der Waals surface area contributed by atoms with Crippen LogP contribution in [0.1, 0.15) is 13.3 Å². The zero-order chi connectivity index (χ0) is 15.6. The van der Waals surface area contributed by atoms with E-state index in [0.29, 0.717) is 6.29 Å². The number of nitrogens with zero attached hydrogens (tertiary/aromatic N) is 2. The number of hydrogen-bond donors (Lipinski definition) is 2. The molecule has 2 rings (SSSR count). The quantitative estimate of drug-likeness (QED) is 0.559. The minimum absolute atomic E-state index is 0.363. The first-order chi connectivity index (χ1) is 10.0. The van der Waals surface area contributed by atoms with Crippen LogP contribution < -0.4 is 0 Å². The standard InChI is InChI=1S/C14H22N2O4S/c1-4-6-16(3)14-15-10-8(7-17)11(19)12(9(18)5-2)20-13(10)21-14/h5,7-13,18-19H,2,4,6H2,1,3H3. The van der Waals surface area contributed by atoms with Gasteiger partial charge in [0.2, 0.25) is 0 Å². The van der Waals surface area contributed by atoms with Gasteiger partial charge in [-0.3, -0.25) is 4.99 Å². The molecule has 0 aromatic heterocycles. The molecule has 7 heteroatoms. The highest BCUT2D eigenvalue weighted by Crippen LogP contribution is 2.40. The van der Waals surface area contributed by atoms with Gasteiger partial charge in [0.25, 0.3) is 0 Å². The van der Waals surface area contributed by atoms with Crippen molar-refractivity contribution in [2.75, 3.05) is 13.6 Å². The number of aliphatic imine (C=N–C) groups is 1. The Morgan fingerprint density at radius 3 is 2.90 bits per heavy atom. The van der Waals surface area contributed by atoms with Gasteiger partial charge in [0.05, 0.1) is 12.0 Å². The molecule has 0 saturated carbocycles. The highest BCUT2D eigenvalue weighted by atomic mass is 32.2. The number of amidine groups is 1. The van der Waals surface area contributed by atoms with Crippen molar-refractivity contribution in [3.05, 3.63) is 12.7 Å². The number of carbonyl (C=O) groups is 1. The molecule has 2 aliphatic heterocycles. The second-order valence-electron chi connectivity index (χ2n) is 5.34. The Hall–Kier alpha value is -0.890. The zero-order valence-corrected chi connectivity index (χ0v) is 13.1. The smallest absolute Gasteiger partial charge is 0.161 e. The molecule has 0 aliphatic carbocycles. The SMILES string of the molecule is C=CC(O)C1OC2SC(N(C)CCC)=NC2C(C=O)C1O. The Bertz CT molecular complexity index is 431. The lowest BCUT2D eigenvalue weighted by molar-refractivity contribution is -0.159. The summed E-state index contributed by atoms with van der Waals surface area (Å²) in [6, 6.07) is -0.412. The fraction of sp³-hybridized carbons (Fsp3) is 0.714. The van der Waals surface area contributed by atoms with Crippen LogP contribution in [0.4, 0.5) is 0 Å². The molecule has 0 radical (unpaired) electrons. The first kappa shape index (κ1) is 16.5. The molecule has 0 aromatic carbocycles. The maximum Gasteiger partial charge on any atom is 0.161 e. The number of aliphatic hydroxyl groups is 2. The maximum atomic E-state index is 11.4. The van der Waals surface area contributed by atoms with E-state index >= 15 is 0 Å². The highest BCUT2D eigenvalue weighted by molar-refractivity contribution is 8.14. The third-order valence-electron chi connectivity index (χ3n) is 3.80. The van der Waals surface area contributed by atoms with Gasteiger partial charge in [-0.2, -0.15) is 0 Å². The van der Waals surface area contributed by atoms with Crippen LogP contribution in [0.3, 0.4) is 0 Å². The van der Waals surface area contributed by atoms with E-state index in [9.17, 15) is 15.0 Å². The molecular weight excluding hydrogens is 292 g/mol. The number of fused-ring (bicyclic) bond motifs is 1. The number of ether oxygens (including phenoxy) is 1. The van der Waals surface area contributed by atoms with Crippen molar-refractivity contribution in [2.24, 2.45) is 10.9 Å². The highest BCUT2D eigenvalue weighted by Gasteiger charge is 2.50. The molecule has 6 atom stereocenters. The molecule has 118 valence electrons. The molecule has 2 N–H and O–H groups in total. The van der Waals surface area contributed by atoms with Gasteiger partial charge >= 0.3 is 0 Å². The van der Waals surface area contributed by atoms with E-state index in [1.165, 1.54) is 17.8 Å². The van der Waals surface area contributed by atoms with Crippen LogP contribution in [0.25, 0.3) is 0 Å². The van der Waals surface area contributed by atoms with E-state index in [1.807, 2.05) is 11.9 Å². The lowest BCUT2D eigenvalue weighted by Gasteiger charge is -2.39. The molecule has 0 amide bonds. The van der Waals surface area contributed by atoms with E-state index < -0.39 is 30.3 Å². The van der Waals surface area contributed by atoms with Gasteiger partial charge in [-0.15, -0.1) is 6.58 Å². The number of thioether (sulfide) groups is 1. The van der Waals surface area contributed by atoms with Crippen molar-refractivity contribution in [3.63, 3.8) is 0 Å². The molecule has 1 fully saturated rings. The second kappa shape index (κ2) is 6.91. The van der Waals surface area contributed by atoms with Crippen LogP contribution in [0.2, 0.25) is 0 Å². The monoisotopic (exact) mass is 314 g/mol. The van der Waals surface area contributed by atoms with Crippen molar-refractivity contribution in [2.45, 2.75) is 43.1 Å². The molecule has 0 spiro atoms. The number of carbonyl (C=O) groups excluding carboxylic acids is 1. The van der Waals surface area contributed by atoms with Gasteiger partial charge in [-0.05, 0) is 6.42 Å². The fourth-order valence-corrected chi connectivity index (χ4v) is 3.85. The molecule has 6 nitrogen and oxygen atoms in total. The molecule has 1 saturated heterocycles. The summed E-state index contributed by atoms with van der Waals surface area (Å²) in [4.78, 5) is 17.9. The third-order valence-corrected chi connectivity index (χ3v) is 5.05. The summed E-state index contributed by atoms with van der Waals surface area (Å²) in [5.41, 5.74) is -0.363. The Labute approximate surface area is 128 Å². The Morgan fingerprint density at radius 2 is 2.33 bits per heavy atom. The molecule has 0 bridgehead atoms. The van der Waals surface area contributed by atoms with Crippen molar-refractivity contribution in [3.8, 4) is 0 Å². The first-order valence-corrected chi connectivity index (χ1v) is 7.96.